The molecule has 0 aromatic carbocycles. The first-order chi connectivity index (χ1) is 11.9. The molecule has 0 aromatic heterocycles. The normalized spacial score (nSPS) is 29.7. The van der Waals surface area contributed by atoms with E-state index in [1.807, 2.05) is 6.92 Å². The van der Waals surface area contributed by atoms with Crippen molar-refractivity contribution in [3.63, 3.8) is 0 Å². The number of ketones is 1. The summed E-state index contributed by atoms with van der Waals surface area (Å²) in [5.41, 5.74) is 0.120. The summed E-state index contributed by atoms with van der Waals surface area (Å²) >= 11 is 0. The zero-order valence-corrected chi connectivity index (χ0v) is 18.2. The molecule has 1 spiro atoms. The molecule has 146 valence electrons. The van der Waals surface area contributed by atoms with Gasteiger partial charge in [0.2, 0.25) is 0 Å². The fourth-order valence-electron chi connectivity index (χ4n) is 4.19. The van der Waals surface area contributed by atoms with Gasteiger partial charge in [0.1, 0.15) is 11.7 Å². The molecule has 3 aliphatic rings. The number of carbonyl (C=O) groups is 2. The molecule has 0 aromatic rings. The van der Waals surface area contributed by atoms with E-state index in [0.717, 1.165) is 24.8 Å². The van der Waals surface area contributed by atoms with Gasteiger partial charge in [0.05, 0.1) is 18.1 Å². The van der Waals surface area contributed by atoms with Gasteiger partial charge >= 0.3 is 5.97 Å². The Hall–Kier alpha value is -0.983. The number of methoxy groups -OCH3 is 1. The van der Waals surface area contributed by atoms with Gasteiger partial charge in [-0.25, -0.2) is 4.79 Å². The van der Waals surface area contributed by atoms with Crippen LogP contribution in [0.2, 0.25) is 18.1 Å². The molecule has 0 N–H and O–H groups in total. The van der Waals surface area contributed by atoms with Crippen molar-refractivity contribution in [1.29, 1.82) is 0 Å². The van der Waals surface area contributed by atoms with E-state index in [1.165, 1.54) is 7.11 Å². The molecule has 6 heteroatoms. The fourth-order valence-corrected chi connectivity index (χ4v) is 5.28. The Kier molecular flexibility index (Phi) is 4.57. The first-order valence-corrected chi connectivity index (χ1v) is 12.5. The lowest BCUT2D eigenvalue weighted by Gasteiger charge is -2.36. The molecule has 5 nitrogen and oxygen atoms in total. The van der Waals surface area contributed by atoms with Gasteiger partial charge < -0.3 is 13.9 Å². The zero-order chi connectivity index (χ0) is 19.5. The quantitative estimate of drug-likeness (QED) is 0.399. The van der Waals surface area contributed by atoms with Gasteiger partial charge in [0, 0.05) is 6.61 Å². The van der Waals surface area contributed by atoms with Crippen molar-refractivity contribution in [3.8, 4) is 0 Å². The van der Waals surface area contributed by atoms with Crippen LogP contribution in [0.15, 0.2) is 11.1 Å². The lowest BCUT2D eigenvalue weighted by atomic mass is 9.71. The highest BCUT2D eigenvalue weighted by molar-refractivity contribution is 6.74. The molecule has 2 heterocycles. The summed E-state index contributed by atoms with van der Waals surface area (Å²) in [6.45, 7) is 13.6. The second-order valence-electron chi connectivity index (χ2n) is 9.58. The molecule has 0 unspecified atom stereocenters. The molecule has 2 fully saturated rings. The zero-order valence-electron chi connectivity index (χ0n) is 17.2. The Balaban J connectivity index is 1.74. The number of rotatable bonds is 6. The highest BCUT2D eigenvalue weighted by Gasteiger charge is 2.76. The second kappa shape index (κ2) is 6.01. The molecule has 2 bridgehead atoms. The first-order valence-electron chi connectivity index (χ1n) is 9.59. The number of carbonyl (C=O) groups excluding carboxylic acids is 2. The first kappa shape index (κ1) is 19.8. The molecule has 3 rings (SSSR count). The van der Waals surface area contributed by atoms with Crippen LogP contribution in [0.3, 0.4) is 0 Å². The minimum Gasteiger partial charge on any atom is -0.466 e. The van der Waals surface area contributed by atoms with Gasteiger partial charge in [-0.05, 0) is 56.3 Å². The van der Waals surface area contributed by atoms with Gasteiger partial charge in [0.25, 0.3) is 0 Å². The Labute approximate surface area is 157 Å². The summed E-state index contributed by atoms with van der Waals surface area (Å²) in [6, 6.07) is 0. The molecule has 1 saturated carbocycles. The van der Waals surface area contributed by atoms with E-state index in [9.17, 15) is 9.59 Å². The van der Waals surface area contributed by atoms with Crippen LogP contribution >= 0.6 is 0 Å². The minimum atomic E-state index is -1.79. The maximum absolute atomic E-state index is 12.8. The predicted molar refractivity (Wildman–Crippen MR) is 101 cm³/mol. The van der Waals surface area contributed by atoms with Gasteiger partial charge in [-0.3, -0.25) is 4.79 Å². The van der Waals surface area contributed by atoms with Crippen molar-refractivity contribution in [2.75, 3.05) is 13.7 Å². The van der Waals surface area contributed by atoms with Gasteiger partial charge in [-0.2, -0.15) is 0 Å². The topological polar surface area (TPSA) is 61.8 Å². The van der Waals surface area contributed by atoms with Gasteiger partial charge in [0.15, 0.2) is 14.1 Å². The van der Waals surface area contributed by atoms with E-state index in [1.54, 1.807) is 0 Å². The molecule has 1 aliphatic carbocycles. The van der Waals surface area contributed by atoms with Crippen molar-refractivity contribution in [3.05, 3.63) is 11.1 Å². The van der Waals surface area contributed by atoms with Crippen LogP contribution in [0.5, 0.6) is 0 Å². The molecule has 2 atom stereocenters. The van der Waals surface area contributed by atoms with E-state index >= 15 is 0 Å². The second-order valence-corrected chi connectivity index (χ2v) is 14.4. The van der Waals surface area contributed by atoms with Crippen molar-refractivity contribution < 1.29 is 23.5 Å². The Morgan fingerprint density at radius 2 is 1.92 bits per heavy atom. The summed E-state index contributed by atoms with van der Waals surface area (Å²) < 4.78 is 17.4. The van der Waals surface area contributed by atoms with E-state index in [-0.39, 0.29) is 16.8 Å². The van der Waals surface area contributed by atoms with Crippen molar-refractivity contribution in [2.24, 2.45) is 5.41 Å². The molecule has 2 aliphatic heterocycles. The summed E-state index contributed by atoms with van der Waals surface area (Å²) in [5.74, 6) is -0.193. The third kappa shape index (κ3) is 2.64. The number of ether oxygens (including phenoxy) is 2. The maximum atomic E-state index is 12.8. The maximum Gasteiger partial charge on any atom is 0.336 e. The number of esters is 1. The van der Waals surface area contributed by atoms with E-state index in [0.29, 0.717) is 18.6 Å². The van der Waals surface area contributed by atoms with E-state index in [4.69, 9.17) is 13.9 Å². The third-order valence-electron chi connectivity index (χ3n) is 7.09. The summed E-state index contributed by atoms with van der Waals surface area (Å²) in [5, 5.41) is 0.167. The molecule has 26 heavy (non-hydrogen) atoms. The number of Topliss-reactive ketones (excluding diaryl/α,β-unsaturated/α-hetero) is 1. The van der Waals surface area contributed by atoms with Crippen LogP contribution in [-0.4, -0.2) is 45.5 Å². The van der Waals surface area contributed by atoms with Crippen LogP contribution in [0, 0.1) is 5.41 Å². The van der Waals surface area contributed by atoms with Crippen molar-refractivity contribution in [1.82, 2.24) is 0 Å². The van der Waals surface area contributed by atoms with E-state index < -0.39 is 25.4 Å². The molecule has 0 radical (unpaired) electrons. The van der Waals surface area contributed by atoms with Crippen LogP contribution in [0.25, 0.3) is 0 Å². The van der Waals surface area contributed by atoms with E-state index in [2.05, 4.69) is 33.9 Å². The summed E-state index contributed by atoms with van der Waals surface area (Å²) in [4.78, 5) is 25.3. The average molecular weight is 381 g/mol. The van der Waals surface area contributed by atoms with Crippen LogP contribution in [-0.2, 0) is 23.5 Å². The smallest absolute Gasteiger partial charge is 0.336 e. The Morgan fingerprint density at radius 3 is 2.42 bits per heavy atom. The Morgan fingerprint density at radius 1 is 1.31 bits per heavy atom. The minimum absolute atomic E-state index is 0.160. The van der Waals surface area contributed by atoms with Gasteiger partial charge in [-0.1, -0.05) is 20.8 Å². The monoisotopic (exact) mass is 380 g/mol. The predicted octanol–water partition coefficient (Wildman–Crippen LogP) is 3.78. The number of fused-ring (bicyclic) bond motifs is 3. The number of hydrogen-bond acceptors (Lipinski definition) is 5. The summed E-state index contributed by atoms with van der Waals surface area (Å²) in [7, 11) is -0.398. The Bertz CT molecular complexity index is 668. The van der Waals surface area contributed by atoms with Crippen molar-refractivity contribution in [2.45, 2.75) is 83.2 Å². The van der Waals surface area contributed by atoms with Gasteiger partial charge in [-0.15, -0.1) is 0 Å². The number of hydrogen-bond donors (Lipinski definition) is 0. The lowest BCUT2D eigenvalue weighted by Crippen LogP contribution is -2.43. The average Bonchev–Trinajstić information content (AvgIpc) is 3.25. The molecule has 1 saturated heterocycles. The SMILES string of the molecule is COC(=O)C1=C(CCCO[Si](C)(C)C(C)(C)C)[C@H]2O[C@]1(C)C1(CC1)C2=O. The third-order valence-corrected chi connectivity index (χ3v) is 11.6. The van der Waals surface area contributed by atoms with Crippen LogP contribution < -0.4 is 0 Å². The lowest BCUT2D eigenvalue weighted by molar-refractivity contribution is -0.138. The van der Waals surface area contributed by atoms with Crippen LogP contribution in [0.1, 0.15) is 53.4 Å². The molecule has 0 amide bonds. The summed E-state index contributed by atoms with van der Waals surface area (Å²) in [6.07, 6.45) is 2.46. The highest BCUT2D eigenvalue weighted by atomic mass is 28.4. The van der Waals surface area contributed by atoms with Crippen molar-refractivity contribution >= 4 is 20.1 Å². The highest BCUT2D eigenvalue weighted by Crippen LogP contribution is 2.68. The fraction of sp³-hybridized carbons (Fsp3) is 0.800. The largest absolute Gasteiger partial charge is 0.466 e. The standard InChI is InChI=1S/C20H32O5Si/c1-18(2,3)26(6,7)24-12-8-9-13-14(17(22)23-5)19(4)20(10-11-20)16(21)15(13)25-19/h15H,8-12H2,1-7H3/t15-,19+/m1/s1. The van der Waals surface area contributed by atoms with Crippen LogP contribution in [0.4, 0.5) is 0 Å². The molecular formula is C20H32O5Si. The molecular weight excluding hydrogens is 348 g/mol.